The lowest BCUT2D eigenvalue weighted by Gasteiger charge is -2.24. The number of nitrogens with one attached hydrogen (secondary N) is 1. The summed E-state index contributed by atoms with van der Waals surface area (Å²) in [6.07, 6.45) is 1.51. The third-order valence-corrected chi connectivity index (χ3v) is 3.60. The van der Waals surface area contributed by atoms with E-state index in [0.717, 1.165) is 6.42 Å². The highest BCUT2D eigenvalue weighted by Gasteiger charge is 2.19. The van der Waals surface area contributed by atoms with Gasteiger partial charge in [0.15, 0.2) is 0 Å². The Labute approximate surface area is 121 Å². The number of amides is 1. The number of carbonyl (C=O) groups is 1. The van der Waals surface area contributed by atoms with Gasteiger partial charge in [-0.2, -0.15) is 0 Å². The Morgan fingerprint density at radius 3 is 2.79 bits per heavy atom. The molecule has 0 aliphatic rings. The second-order valence-electron chi connectivity index (χ2n) is 5.30. The zero-order chi connectivity index (χ0) is 14.5. The first-order valence-electron chi connectivity index (χ1n) is 6.20. The van der Waals surface area contributed by atoms with E-state index in [1.54, 1.807) is 0 Å². The molecule has 1 rings (SSSR count). The minimum Gasteiger partial charge on any atom is -0.396 e. The van der Waals surface area contributed by atoms with Gasteiger partial charge in [-0.15, -0.1) is 0 Å². The third-order valence-electron chi connectivity index (χ3n) is 2.91. The fourth-order valence-corrected chi connectivity index (χ4v) is 2.16. The van der Waals surface area contributed by atoms with E-state index in [-0.39, 0.29) is 23.5 Å². The second-order valence-corrected chi connectivity index (χ2v) is 6.15. The highest BCUT2D eigenvalue weighted by Crippen LogP contribution is 2.22. The SMILES string of the molecule is CC(C)(CCCO)CNC(=O)c1cc(F)ccc1Br. The first-order chi connectivity index (χ1) is 8.85. The van der Waals surface area contributed by atoms with Crippen molar-refractivity contribution < 1.29 is 14.3 Å². The molecule has 0 radical (unpaired) electrons. The van der Waals surface area contributed by atoms with Crippen molar-refractivity contribution in [3.63, 3.8) is 0 Å². The number of hydrogen-bond acceptors (Lipinski definition) is 2. The number of halogens is 2. The first kappa shape index (κ1) is 16.1. The summed E-state index contributed by atoms with van der Waals surface area (Å²) in [6, 6.07) is 4.02. The average molecular weight is 332 g/mol. The van der Waals surface area contributed by atoms with Crippen molar-refractivity contribution in [2.75, 3.05) is 13.2 Å². The van der Waals surface area contributed by atoms with Gasteiger partial charge >= 0.3 is 0 Å². The standard InChI is InChI=1S/C14H19BrFNO2/c1-14(2,6-3-7-18)9-17-13(19)11-8-10(16)4-5-12(11)15/h4-5,8,18H,3,6-7,9H2,1-2H3,(H,17,19). The highest BCUT2D eigenvalue weighted by atomic mass is 79.9. The van der Waals surface area contributed by atoms with Gasteiger partial charge in [0.25, 0.3) is 5.91 Å². The Hall–Kier alpha value is -0.940. The summed E-state index contributed by atoms with van der Waals surface area (Å²) < 4.78 is 13.7. The molecular weight excluding hydrogens is 313 g/mol. The van der Waals surface area contributed by atoms with Crippen LogP contribution in [0.15, 0.2) is 22.7 Å². The van der Waals surface area contributed by atoms with Crippen LogP contribution >= 0.6 is 15.9 Å². The van der Waals surface area contributed by atoms with E-state index in [1.165, 1.54) is 18.2 Å². The number of carbonyl (C=O) groups excluding carboxylic acids is 1. The summed E-state index contributed by atoms with van der Waals surface area (Å²) in [5, 5.41) is 11.6. The quantitative estimate of drug-likeness (QED) is 0.841. The van der Waals surface area contributed by atoms with Gasteiger partial charge in [0, 0.05) is 17.6 Å². The normalized spacial score (nSPS) is 11.4. The summed E-state index contributed by atoms with van der Waals surface area (Å²) in [6.45, 7) is 4.66. The average Bonchev–Trinajstić information content (AvgIpc) is 2.36. The molecule has 106 valence electrons. The second kappa shape index (κ2) is 7.01. The third kappa shape index (κ3) is 5.28. The number of aliphatic hydroxyl groups excluding tert-OH is 1. The predicted molar refractivity (Wildman–Crippen MR) is 76.5 cm³/mol. The van der Waals surface area contributed by atoms with Gasteiger partial charge in [-0.05, 0) is 52.4 Å². The monoisotopic (exact) mass is 331 g/mol. The number of rotatable bonds is 6. The van der Waals surface area contributed by atoms with Crippen LogP contribution in [0.1, 0.15) is 37.0 Å². The predicted octanol–water partition coefficient (Wildman–Crippen LogP) is 3.12. The Bertz CT molecular complexity index is 449. The van der Waals surface area contributed by atoms with Crippen molar-refractivity contribution in [1.82, 2.24) is 5.32 Å². The molecule has 0 unspecified atom stereocenters. The van der Waals surface area contributed by atoms with Crippen molar-refractivity contribution in [2.45, 2.75) is 26.7 Å². The summed E-state index contributed by atoms with van der Waals surface area (Å²) in [4.78, 5) is 12.0. The largest absolute Gasteiger partial charge is 0.396 e. The molecule has 2 N–H and O–H groups in total. The number of aliphatic hydroxyl groups is 1. The molecule has 5 heteroatoms. The van der Waals surface area contributed by atoms with Crippen molar-refractivity contribution in [3.05, 3.63) is 34.1 Å². The zero-order valence-corrected chi connectivity index (χ0v) is 12.8. The minimum absolute atomic E-state index is 0.0990. The Kier molecular flexibility index (Phi) is 5.94. The van der Waals surface area contributed by atoms with Crippen LogP contribution in [0, 0.1) is 11.2 Å². The maximum Gasteiger partial charge on any atom is 0.252 e. The molecule has 0 heterocycles. The highest BCUT2D eigenvalue weighted by molar-refractivity contribution is 9.10. The van der Waals surface area contributed by atoms with Crippen LogP contribution < -0.4 is 5.32 Å². The van der Waals surface area contributed by atoms with Crippen LogP contribution in [-0.4, -0.2) is 24.2 Å². The molecule has 0 fully saturated rings. The first-order valence-corrected chi connectivity index (χ1v) is 6.99. The van der Waals surface area contributed by atoms with Crippen LogP contribution in [0.4, 0.5) is 4.39 Å². The van der Waals surface area contributed by atoms with Crippen molar-refractivity contribution in [2.24, 2.45) is 5.41 Å². The fourth-order valence-electron chi connectivity index (χ4n) is 1.73. The summed E-state index contributed by atoms with van der Waals surface area (Å²) in [5.41, 5.74) is 0.191. The van der Waals surface area contributed by atoms with E-state index in [4.69, 9.17) is 5.11 Å². The summed E-state index contributed by atoms with van der Waals surface area (Å²) in [5.74, 6) is -0.740. The lowest BCUT2D eigenvalue weighted by atomic mass is 9.88. The van der Waals surface area contributed by atoms with Gasteiger partial charge < -0.3 is 10.4 Å². The number of benzene rings is 1. The molecule has 0 bridgehead atoms. The molecule has 0 atom stereocenters. The molecule has 0 spiro atoms. The Morgan fingerprint density at radius 1 is 1.47 bits per heavy atom. The number of hydrogen-bond donors (Lipinski definition) is 2. The van der Waals surface area contributed by atoms with Crippen molar-refractivity contribution in [1.29, 1.82) is 0 Å². The molecule has 1 aromatic carbocycles. The van der Waals surface area contributed by atoms with E-state index in [1.807, 2.05) is 13.8 Å². The van der Waals surface area contributed by atoms with E-state index in [9.17, 15) is 9.18 Å². The van der Waals surface area contributed by atoms with Gasteiger partial charge in [0.05, 0.1) is 5.56 Å². The molecule has 0 aliphatic heterocycles. The van der Waals surface area contributed by atoms with E-state index >= 15 is 0 Å². The maximum absolute atomic E-state index is 13.1. The van der Waals surface area contributed by atoms with Gasteiger partial charge in [-0.1, -0.05) is 13.8 Å². The van der Waals surface area contributed by atoms with Crippen LogP contribution in [-0.2, 0) is 0 Å². The van der Waals surface area contributed by atoms with Crippen molar-refractivity contribution in [3.8, 4) is 0 Å². The molecule has 3 nitrogen and oxygen atoms in total. The van der Waals surface area contributed by atoms with Gasteiger partial charge in [0.2, 0.25) is 0 Å². The minimum atomic E-state index is -0.437. The van der Waals surface area contributed by atoms with E-state index in [2.05, 4.69) is 21.2 Å². The molecule has 0 saturated carbocycles. The zero-order valence-electron chi connectivity index (χ0n) is 11.2. The fraction of sp³-hybridized carbons (Fsp3) is 0.500. The smallest absolute Gasteiger partial charge is 0.252 e. The van der Waals surface area contributed by atoms with E-state index < -0.39 is 5.82 Å². The van der Waals surface area contributed by atoms with Gasteiger partial charge in [-0.25, -0.2) is 4.39 Å². The van der Waals surface area contributed by atoms with Crippen LogP contribution in [0.25, 0.3) is 0 Å². The van der Waals surface area contributed by atoms with Crippen LogP contribution in [0.5, 0.6) is 0 Å². The lowest BCUT2D eigenvalue weighted by molar-refractivity contribution is 0.0931. The van der Waals surface area contributed by atoms with E-state index in [0.29, 0.717) is 17.4 Å². The Morgan fingerprint density at radius 2 is 2.16 bits per heavy atom. The van der Waals surface area contributed by atoms with Crippen LogP contribution in [0.2, 0.25) is 0 Å². The summed E-state index contributed by atoms with van der Waals surface area (Å²) >= 11 is 3.23. The molecular formula is C14H19BrFNO2. The molecule has 1 aromatic rings. The lowest BCUT2D eigenvalue weighted by Crippen LogP contribution is -2.34. The van der Waals surface area contributed by atoms with Crippen molar-refractivity contribution >= 4 is 21.8 Å². The molecule has 0 aromatic heterocycles. The molecule has 1 amide bonds. The van der Waals surface area contributed by atoms with Gasteiger partial charge in [-0.3, -0.25) is 4.79 Å². The Balaban J connectivity index is 2.62. The molecule has 0 aliphatic carbocycles. The summed E-state index contributed by atoms with van der Waals surface area (Å²) in [7, 11) is 0. The van der Waals surface area contributed by atoms with Crippen LogP contribution in [0.3, 0.4) is 0 Å². The van der Waals surface area contributed by atoms with Gasteiger partial charge in [0.1, 0.15) is 5.82 Å². The topological polar surface area (TPSA) is 49.3 Å². The molecule has 19 heavy (non-hydrogen) atoms. The maximum atomic E-state index is 13.1. The molecule has 0 saturated heterocycles.